The second-order valence-electron chi connectivity index (χ2n) is 10.1. The van der Waals surface area contributed by atoms with Gasteiger partial charge < -0.3 is 10.1 Å². The normalized spacial score (nSPS) is 18.5. The summed E-state index contributed by atoms with van der Waals surface area (Å²) in [5, 5.41) is 6.96. The highest BCUT2D eigenvalue weighted by Gasteiger charge is 2.38. The Hall–Kier alpha value is -4.09. The van der Waals surface area contributed by atoms with E-state index in [9.17, 15) is 18.4 Å². The lowest BCUT2D eigenvalue weighted by atomic mass is 9.99. The lowest BCUT2D eigenvalue weighted by Gasteiger charge is -2.23. The first-order valence-corrected chi connectivity index (χ1v) is 14.6. The Kier molecular flexibility index (Phi) is 8.03. The van der Waals surface area contributed by atoms with Gasteiger partial charge in [-0.3, -0.25) is 14.5 Å². The number of carbonyl (C=O) groups is 2. The first-order chi connectivity index (χ1) is 20.4. The van der Waals surface area contributed by atoms with Gasteiger partial charge in [-0.25, -0.2) is 17.9 Å². The SMILES string of the molecule is O=C(CN1C(=O)CS[C@H](c2ccc(F)cc2F)c2c(-c3ccccc3)nn(-c3ccc(F)cc3)c21)NC[C@@H]1CCCO1. The number of ether oxygens (including phenoxy) is 1. The highest BCUT2D eigenvalue weighted by Crippen LogP contribution is 2.49. The zero-order valence-electron chi connectivity index (χ0n) is 22.4. The summed E-state index contributed by atoms with van der Waals surface area (Å²) >= 11 is 1.17. The fraction of sp³-hybridized carbons (Fsp3) is 0.258. The molecule has 2 aliphatic heterocycles. The number of hydrogen-bond donors (Lipinski definition) is 1. The number of carbonyl (C=O) groups excluding carboxylic acids is 2. The van der Waals surface area contributed by atoms with E-state index < -0.39 is 28.6 Å². The zero-order chi connectivity index (χ0) is 29.2. The van der Waals surface area contributed by atoms with Crippen LogP contribution in [-0.2, 0) is 14.3 Å². The Morgan fingerprint density at radius 2 is 1.79 bits per heavy atom. The third-order valence-electron chi connectivity index (χ3n) is 7.31. The van der Waals surface area contributed by atoms with Gasteiger partial charge in [-0.1, -0.05) is 36.4 Å². The van der Waals surface area contributed by atoms with E-state index in [-0.39, 0.29) is 35.7 Å². The van der Waals surface area contributed by atoms with Crippen molar-refractivity contribution < 1.29 is 27.5 Å². The molecule has 2 amide bonds. The predicted molar refractivity (Wildman–Crippen MR) is 154 cm³/mol. The summed E-state index contributed by atoms with van der Waals surface area (Å²) in [4.78, 5) is 28.3. The fourth-order valence-electron chi connectivity index (χ4n) is 5.28. The van der Waals surface area contributed by atoms with Crippen LogP contribution in [0.4, 0.5) is 19.0 Å². The minimum atomic E-state index is -0.770. The molecule has 1 fully saturated rings. The summed E-state index contributed by atoms with van der Waals surface area (Å²) in [5.74, 6) is -2.54. The average Bonchev–Trinajstić information content (AvgIpc) is 3.62. The Balaban J connectivity index is 1.53. The molecule has 2 aliphatic rings. The van der Waals surface area contributed by atoms with Gasteiger partial charge in [0, 0.05) is 35.9 Å². The van der Waals surface area contributed by atoms with Crippen molar-refractivity contribution in [1.29, 1.82) is 0 Å². The van der Waals surface area contributed by atoms with Gasteiger partial charge in [-0.15, -0.1) is 11.8 Å². The maximum absolute atomic E-state index is 15.3. The number of nitrogens with one attached hydrogen (secondary N) is 1. The third kappa shape index (κ3) is 5.66. The molecule has 0 unspecified atom stereocenters. The number of anilines is 1. The van der Waals surface area contributed by atoms with Crippen molar-refractivity contribution >= 4 is 29.4 Å². The maximum Gasteiger partial charge on any atom is 0.240 e. The summed E-state index contributed by atoms with van der Waals surface area (Å²) in [6.45, 7) is 0.642. The van der Waals surface area contributed by atoms with Gasteiger partial charge in [0.15, 0.2) is 0 Å². The molecule has 1 saturated heterocycles. The quantitative estimate of drug-likeness (QED) is 0.310. The van der Waals surface area contributed by atoms with E-state index in [4.69, 9.17) is 9.84 Å². The molecule has 6 rings (SSSR count). The summed E-state index contributed by atoms with van der Waals surface area (Å²) < 4.78 is 50.3. The van der Waals surface area contributed by atoms with Crippen LogP contribution in [0.1, 0.15) is 29.2 Å². The summed E-state index contributed by atoms with van der Waals surface area (Å²) in [5.41, 5.74) is 2.25. The first kappa shape index (κ1) is 28.0. The third-order valence-corrected chi connectivity index (χ3v) is 8.54. The molecule has 1 N–H and O–H groups in total. The number of amides is 2. The van der Waals surface area contributed by atoms with Crippen molar-refractivity contribution in [2.45, 2.75) is 24.2 Å². The molecule has 0 aliphatic carbocycles. The Morgan fingerprint density at radius 1 is 1.02 bits per heavy atom. The largest absolute Gasteiger partial charge is 0.376 e. The van der Waals surface area contributed by atoms with Gasteiger partial charge in [0.2, 0.25) is 11.8 Å². The second-order valence-corrected chi connectivity index (χ2v) is 11.2. The number of thioether (sulfide) groups is 1. The molecule has 0 spiro atoms. The van der Waals surface area contributed by atoms with E-state index in [1.807, 2.05) is 30.3 Å². The molecule has 7 nitrogen and oxygen atoms in total. The monoisotopic (exact) mass is 592 g/mol. The highest BCUT2D eigenvalue weighted by molar-refractivity contribution is 8.00. The molecule has 0 radical (unpaired) electrons. The molecular formula is C31H27F3N4O3S. The predicted octanol–water partition coefficient (Wildman–Crippen LogP) is 5.42. The van der Waals surface area contributed by atoms with Crippen molar-refractivity contribution in [2.24, 2.45) is 0 Å². The van der Waals surface area contributed by atoms with Gasteiger partial charge in [0.25, 0.3) is 0 Å². The van der Waals surface area contributed by atoms with Crippen LogP contribution in [-0.4, -0.2) is 53.1 Å². The number of nitrogens with zero attached hydrogens (tertiary/aromatic N) is 3. The maximum atomic E-state index is 15.3. The van der Waals surface area contributed by atoms with Gasteiger partial charge in [-0.05, 0) is 43.2 Å². The van der Waals surface area contributed by atoms with Crippen LogP contribution in [0.25, 0.3) is 16.9 Å². The highest BCUT2D eigenvalue weighted by atomic mass is 32.2. The molecule has 0 saturated carbocycles. The molecule has 216 valence electrons. The van der Waals surface area contributed by atoms with E-state index >= 15 is 4.39 Å². The van der Waals surface area contributed by atoms with E-state index in [0.29, 0.717) is 35.7 Å². The molecule has 0 bridgehead atoms. The van der Waals surface area contributed by atoms with E-state index in [0.717, 1.165) is 18.9 Å². The van der Waals surface area contributed by atoms with Crippen LogP contribution in [0, 0.1) is 17.5 Å². The smallest absolute Gasteiger partial charge is 0.240 e. The molecular weight excluding hydrogens is 565 g/mol. The number of benzene rings is 3. The van der Waals surface area contributed by atoms with Gasteiger partial charge in [0.1, 0.15) is 29.8 Å². The van der Waals surface area contributed by atoms with Crippen molar-refractivity contribution in [3.8, 4) is 16.9 Å². The molecule has 2 atom stereocenters. The van der Waals surface area contributed by atoms with Crippen LogP contribution in [0.15, 0.2) is 72.8 Å². The molecule has 1 aromatic heterocycles. The lowest BCUT2D eigenvalue weighted by Crippen LogP contribution is -2.44. The summed E-state index contributed by atoms with van der Waals surface area (Å²) in [6.07, 6.45) is 1.68. The lowest BCUT2D eigenvalue weighted by molar-refractivity contribution is -0.123. The Labute approximate surface area is 244 Å². The van der Waals surface area contributed by atoms with E-state index in [1.54, 1.807) is 0 Å². The number of rotatable bonds is 7. The molecule has 3 aromatic carbocycles. The number of fused-ring (bicyclic) bond motifs is 1. The molecule has 11 heteroatoms. The van der Waals surface area contributed by atoms with Gasteiger partial charge in [-0.2, -0.15) is 5.10 Å². The topological polar surface area (TPSA) is 76.5 Å². The number of hydrogen-bond acceptors (Lipinski definition) is 5. The first-order valence-electron chi connectivity index (χ1n) is 13.6. The zero-order valence-corrected chi connectivity index (χ0v) is 23.3. The molecule has 42 heavy (non-hydrogen) atoms. The van der Waals surface area contributed by atoms with Crippen molar-refractivity contribution in [1.82, 2.24) is 15.1 Å². The van der Waals surface area contributed by atoms with E-state index in [2.05, 4.69) is 5.32 Å². The number of halogens is 3. The van der Waals surface area contributed by atoms with Crippen LogP contribution in [0.5, 0.6) is 0 Å². The minimum Gasteiger partial charge on any atom is -0.376 e. The van der Waals surface area contributed by atoms with Crippen LogP contribution < -0.4 is 10.2 Å². The van der Waals surface area contributed by atoms with Crippen molar-refractivity contribution in [3.63, 3.8) is 0 Å². The average molecular weight is 593 g/mol. The number of aromatic nitrogens is 2. The van der Waals surface area contributed by atoms with E-state index in [1.165, 1.54) is 57.7 Å². The van der Waals surface area contributed by atoms with Crippen molar-refractivity contribution in [2.75, 3.05) is 30.3 Å². The van der Waals surface area contributed by atoms with Crippen molar-refractivity contribution in [3.05, 3.63) is 101 Å². The minimum absolute atomic E-state index is 0.0766. The summed E-state index contributed by atoms with van der Waals surface area (Å²) in [7, 11) is 0. The van der Waals surface area contributed by atoms with Crippen LogP contribution >= 0.6 is 11.8 Å². The summed E-state index contributed by atoms with van der Waals surface area (Å²) in [6, 6.07) is 18.1. The Morgan fingerprint density at radius 3 is 2.50 bits per heavy atom. The van der Waals surface area contributed by atoms with Crippen LogP contribution in [0.3, 0.4) is 0 Å². The van der Waals surface area contributed by atoms with Crippen LogP contribution in [0.2, 0.25) is 0 Å². The Bertz CT molecular complexity index is 1610. The fourth-order valence-corrected chi connectivity index (χ4v) is 6.50. The molecule has 4 aromatic rings. The standard InChI is InChI=1S/C31H27F3N4O3S/c32-20-8-11-22(12-9-20)38-31-28(29(36-38)19-5-2-1-3-6-19)30(24-13-10-21(33)15-25(24)34)42-18-27(40)37(31)17-26(39)35-16-23-7-4-14-41-23/h1-3,5-6,8-13,15,23,30H,4,7,14,16-18H2,(H,35,39)/t23-,30+/m0/s1. The molecule has 3 heterocycles. The van der Waals surface area contributed by atoms with Gasteiger partial charge in [0.05, 0.1) is 28.5 Å². The second kappa shape index (κ2) is 12.0. The van der Waals surface area contributed by atoms with Gasteiger partial charge >= 0.3 is 0 Å².